The van der Waals surface area contributed by atoms with Crippen molar-refractivity contribution < 1.29 is 9.53 Å². The van der Waals surface area contributed by atoms with Gasteiger partial charge in [-0.05, 0) is 30.7 Å². The Morgan fingerprint density at radius 2 is 2.09 bits per heavy atom. The summed E-state index contributed by atoms with van der Waals surface area (Å²) in [6.45, 7) is 5.19. The number of amides is 1. The summed E-state index contributed by atoms with van der Waals surface area (Å²) in [6, 6.07) is 5.33. The van der Waals surface area contributed by atoms with Crippen molar-refractivity contribution in [1.29, 1.82) is 0 Å². The van der Waals surface area contributed by atoms with Gasteiger partial charge < -0.3 is 10.1 Å². The molecule has 1 aromatic carbocycles. The summed E-state index contributed by atoms with van der Waals surface area (Å²) in [6.07, 6.45) is 4.08. The van der Waals surface area contributed by atoms with Crippen molar-refractivity contribution in [2.24, 2.45) is 0 Å². The molecule has 0 bridgehead atoms. The van der Waals surface area contributed by atoms with E-state index in [0.29, 0.717) is 16.6 Å². The molecule has 120 valence electrons. The van der Waals surface area contributed by atoms with Gasteiger partial charge in [-0.2, -0.15) is 0 Å². The molecule has 0 radical (unpaired) electrons. The van der Waals surface area contributed by atoms with Crippen LogP contribution in [0.4, 0.5) is 0 Å². The predicted molar refractivity (Wildman–Crippen MR) is 90.4 cm³/mol. The number of rotatable bonds is 6. The van der Waals surface area contributed by atoms with Gasteiger partial charge in [0.25, 0.3) is 0 Å². The maximum Gasteiger partial charge on any atom is 0.244 e. The lowest BCUT2D eigenvalue weighted by atomic mass is 10.2. The monoisotopic (exact) mass is 342 g/mol. The van der Waals surface area contributed by atoms with Crippen molar-refractivity contribution in [2.45, 2.75) is 6.42 Å². The minimum atomic E-state index is -0.127. The van der Waals surface area contributed by atoms with E-state index in [2.05, 4.69) is 10.2 Å². The topological polar surface area (TPSA) is 41.6 Å². The Morgan fingerprint density at radius 3 is 2.86 bits per heavy atom. The van der Waals surface area contributed by atoms with Crippen LogP contribution in [-0.2, 0) is 9.53 Å². The van der Waals surface area contributed by atoms with E-state index < -0.39 is 0 Å². The first kappa shape index (κ1) is 17.3. The van der Waals surface area contributed by atoms with E-state index in [1.54, 1.807) is 18.2 Å². The Kier molecular flexibility index (Phi) is 7.19. The van der Waals surface area contributed by atoms with Crippen LogP contribution in [0.3, 0.4) is 0 Å². The lowest BCUT2D eigenvalue weighted by molar-refractivity contribution is -0.116. The molecule has 0 aromatic heterocycles. The quantitative estimate of drug-likeness (QED) is 0.638. The second kappa shape index (κ2) is 9.16. The Balaban J connectivity index is 1.69. The summed E-state index contributed by atoms with van der Waals surface area (Å²) in [5, 5.41) is 3.81. The van der Waals surface area contributed by atoms with Gasteiger partial charge in [-0.15, -0.1) is 0 Å². The third-order valence-electron chi connectivity index (χ3n) is 3.45. The van der Waals surface area contributed by atoms with Gasteiger partial charge in [-0.25, -0.2) is 0 Å². The molecule has 1 saturated heterocycles. The van der Waals surface area contributed by atoms with Crippen LogP contribution in [0.2, 0.25) is 10.0 Å². The van der Waals surface area contributed by atoms with Crippen LogP contribution in [0.25, 0.3) is 6.08 Å². The van der Waals surface area contributed by atoms with Gasteiger partial charge in [0.15, 0.2) is 0 Å². The second-order valence-electron chi connectivity index (χ2n) is 5.07. The van der Waals surface area contributed by atoms with Crippen molar-refractivity contribution in [3.05, 3.63) is 39.9 Å². The summed E-state index contributed by atoms with van der Waals surface area (Å²) in [7, 11) is 0. The molecular formula is C16H20Cl2N2O2. The van der Waals surface area contributed by atoms with E-state index in [4.69, 9.17) is 27.9 Å². The zero-order chi connectivity index (χ0) is 15.8. The van der Waals surface area contributed by atoms with Crippen molar-refractivity contribution in [2.75, 3.05) is 39.4 Å². The third kappa shape index (κ3) is 5.61. The molecule has 1 N–H and O–H groups in total. The number of morpholine rings is 1. The predicted octanol–water partition coefficient (Wildman–Crippen LogP) is 2.85. The highest BCUT2D eigenvalue weighted by molar-refractivity contribution is 6.42. The molecule has 6 heteroatoms. The van der Waals surface area contributed by atoms with Crippen molar-refractivity contribution in [3.8, 4) is 0 Å². The number of hydrogen-bond donors (Lipinski definition) is 1. The molecular weight excluding hydrogens is 323 g/mol. The lowest BCUT2D eigenvalue weighted by Gasteiger charge is -2.26. The van der Waals surface area contributed by atoms with Gasteiger partial charge in [0.1, 0.15) is 0 Å². The minimum absolute atomic E-state index is 0.127. The molecule has 1 aliphatic heterocycles. The molecule has 1 heterocycles. The average molecular weight is 343 g/mol. The fraction of sp³-hybridized carbons (Fsp3) is 0.438. The lowest BCUT2D eigenvalue weighted by Crippen LogP contribution is -2.38. The van der Waals surface area contributed by atoms with Gasteiger partial charge in [-0.1, -0.05) is 35.3 Å². The van der Waals surface area contributed by atoms with Crippen LogP contribution in [0.5, 0.6) is 0 Å². The molecule has 0 aliphatic carbocycles. The average Bonchev–Trinajstić information content (AvgIpc) is 2.54. The Labute approximate surface area is 141 Å². The number of carbonyl (C=O) groups is 1. The van der Waals surface area contributed by atoms with Crippen LogP contribution in [0.15, 0.2) is 24.3 Å². The van der Waals surface area contributed by atoms with Crippen LogP contribution in [0.1, 0.15) is 12.0 Å². The van der Waals surface area contributed by atoms with Crippen molar-refractivity contribution >= 4 is 35.2 Å². The molecule has 22 heavy (non-hydrogen) atoms. The number of ether oxygens (including phenoxy) is 1. The number of hydrogen-bond acceptors (Lipinski definition) is 3. The highest BCUT2D eigenvalue weighted by Gasteiger charge is 2.09. The fourth-order valence-electron chi connectivity index (χ4n) is 2.21. The molecule has 1 aromatic rings. The molecule has 1 fully saturated rings. The van der Waals surface area contributed by atoms with Crippen LogP contribution >= 0.6 is 23.2 Å². The Bertz CT molecular complexity index is 529. The van der Waals surface area contributed by atoms with E-state index in [0.717, 1.165) is 44.8 Å². The largest absolute Gasteiger partial charge is 0.379 e. The van der Waals surface area contributed by atoms with E-state index in [1.165, 1.54) is 6.08 Å². The maximum atomic E-state index is 11.8. The number of halogens is 2. The summed E-state index contributed by atoms with van der Waals surface area (Å²) < 4.78 is 5.30. The van der Waals surface area contributed by atoms with Gasteiger partial charge >= 0.3 is 0 Å². The number of carbonyl (C=O) groups excluding carboxylic acids is 1. The van der Waals surface area contributed by atoms with Crippen LogP contribution in [0, 0.1) is 0 Å². The molecule has 0 unspecified atom stereocenters. The smallest absolute Gasteiger partial charge is 0.244 e. The van der Waals surface area contributed by atoms with Gasteiger partial charge in [-0.3, -0.25) is 9.69 Å². The summed E-state index contributed by atoms with van der Waals surface area (Å²) in [4.78, 5) is 14.1. The zero-order valence-electron chi connectivity index (χ0n) is 12.4. The van der Waals surface area contributed by atoms with E-state index >= 15 is 0 Å². The number of nitrogens with zero attached hydrogens (tertiary/aromatic N) is 1. The van der Waals surface area contributed by atoms with Crippen LogP contribution in [-0.4, -0.2) is 50.2 Å². The Hall–Kier alpha value is -1.07. The SMILES string of the molecule is O=C(/C=C/c1cccc(Cl)c1Cl)NCCCN1CCOCC1. The van der Waals surface area contributed by atoms with Crippen LogP contribution < -0.4 is 5.32 Å². The first-order valence-electron chi connectivity index (χ1n) is 7.37. The fourth-order valence-corrected chi connectivity index (χ4v) is 2.58. The third-order valence-corrected chi connectivity index (χ3v) is 4.28. The Morgan fingerprint density at radius 1 is 1.32 bits per heavy atom. The normalized spacial score (nSPS) is 16.1. The number of benzene rings is 1. The first-order chi connectivity index (χ1) is 10.7. The standard InChI is InChI=1S/C16H20Cl2N2O2/c17-14-4-1-3-13(16(14)18)5-6-15(21)19-7-2-8-20-9-11-22-12-10-20/h1,3-6H,2,7-12H2,(H,19,21)/b6-5+. The van der Waals surface area contributed by atoms with Gasteiger partial charge in [0.2, 0.25) is 5.91 Å². The van der Waals surface area contributed by atoms with E-state index in [1.807, 2.05) is 6.07 Å². The zero-order valence-corrected chi connectivity index (χ0v) is 13.9. The first-order valence-corrected chi connectivity index (χ1v) is 8.12. The van der Waals surface area contributed by atoms with Gasteiger partial charge in [0, 0.05) is 25.7 Å². The second-order valence-corrected chi connectivity index (χ2v) is 5.86. The van der Waals surface area contributed by atoms with Crippen molar-refractivity contribution in [3.63, 3.8) is 0 Å². The summed E-state index contributed by atoms with van der Waals surface area (Å²) >= 11 is 12.0. The molecule has 1 amide bonds. The molecule has 0 spiro atoms. The minimum Gasteiger partial charge on any atom is -0.379 e. The molecule has 0 saturated carbocycles. The van der Waals surface area contributed by atoms with Gasteiger partial charge in [0.05, 0.1) is 23.3 Å². The number of nitrogens with one attached hydrogen (secondary N) is 1. The highest BCUT2D eigenvalue weighted by Crippen LogP contribution is 2.26. The molecule has 2 rings (SSSR count). The van der Waals surface area contributed by atoms with E-state index in [9.17, 15) is 4.79 Å². The highest BCUT2D eigenvalue weighted by atomic mass is 35.5. The molecule has 4 nitrogen and oxygen atoms in total. The van der Waals surface area contributed by atoms with Crippen molar-refractivity contribution in [1.82, 2.24) is 10.2 Å². The maximum absolute atomic E-state index is 11.8. The summed E-state index contributed by atoms with van der Waals surface area (Å²) in [5.74, 6) is -0.127. The molecule has 0 atom stereocenters. The molecule has 1 aliphatic rings. The van der Waals surface area contributed by atoms with E-state index in [-0.39, 0.29) is 5.91 Å². The summed E-state index contributed by atoms with van der Waals surface area (Å²) in [5.41, 5.74) is 0.734.